The van der Waals surface area contributed by atoms with Crippen molar-refractivity contribution in [2.75, 3.05) is 18.5 Å². The largest absolute Gasteiger partial charge is 0.394 e. The van der Waals surface area contributed by atoms with Crippen molar-refractivity contribution in [3.63, 3.8) is 0 Å². The third-order valence-electron chi connectivity index (χ3n) is 3.67. The molecule has 1 saturated heterocycles. The third-order valence-corrected chi connectivity index (χ3v) is 3.67. The Morgan fingerprint density at radius 1 is 1.59 bits per heavy atom. The van der Waals surface area contributed by atoms with E-state index >= 15 is 0 Å². The van der Waals surface area contributed by atoms with Gasteiger partial charge in [-0.05, 0) is 6.42 Å². The number of aromatic amines is 1. The molecule has 9 heteroatoms. The number of aromatic nitrogens is 4. The monoisotopic (exact) mass is 309 g/mol. The van der Waals surface area contributed by atoms with Gasteiger partial charge in [0.1, 0.15) is 12.3 Å². The predicted molar refractivity (Wildman–Crippen MR) is 78.5 cm³/mol. The van der Waals surface area contributed by atoms with Crippen LogP contribution in [0.25, 0.3) is 11.2 Å². The van der Waals surface area contributed by atoms with Gasteiger partial charge >= 0.3 is 0 Å². The van der Waals surface area contributed by atoms with Gasteiger partial charge in [-0.3, -0.25) is 14.3 Å². The molecule has 4 N–H and O–H groups in total. The van der Waals surface area contributed by atoms with E-state index in [0.717, 1.165) is 6.42 Å². The van der Waals surface area contributed by atoms with Crippen LogP contribution in [0.4, 0.5) is 5.95 Å². The summed E-state index contributed by atoms with van der Waals surface area (Å²) in [5.74, 6) is 0.373. The van der Waals surface area contributed by atoms with Crippen molar-refractivity contribution in [1.29, 1.82) is 0 Å². The van der Waals surface area contributed by atoms with Crippen LogP contribution < -0.4 is 10.9 Å². The van der Waals surface area contributed by atoms with E-state index < -0.39 is 18.4 Å². The number of H-pyrrole nitrogens is 1. The van der Waals surface area contributed by atoms with Crippen molar-refractivity contribution in [2.45, 2.75) is 38.2 Å². The first-order valence-corrected chi connectivity index (χ1v) is 7.29. The first kappa shape index (κ1) is 14.9. The van der Waals surface area contributed by atoms with Crippen LogP contribution >= 0.6 is 0 Å². The topological polar surface area (TPSA) is 125 Å². The highest BCUT2D eigenvalue weighted by Crippen LogP contribution is 2.30. The summed E-state index contributed by atoms with van der Waals surface area (Å²) < 4.78 is 7.20. The Morgan fingerprint density at radius 3 is 3.09 bits per heavy atom. The Labute approximate surface area is 126 Å². The highest BCUT2D eigenvalue weighted by atomic mass is 16.5. The molecule has 0 bridgehead atoms. The van der Waals surface area contributed by atoms with E-state index in [1.54, 1.807) is 4.57 Å². The standard InChI is InChI=1S/C13H19N5O4/c1-2-3-14-13-16-11-10(12(21)17-13)15-6-18(11)9-4-7(20)8(5-19)22-9/h6-9,19-20H,2-5H2,1H3,(H2,14,16,17,21)/t7-,8+,9?/m0/s1. The van der Waals surface area contributed by atoms with Gasteiger partial charge in [0.15, 0.2) is 11.2 Å². The van der Waals surface area contributed by atoms with Crippen molar-refractivity contribution in [3.8, 4) is 0 Å². The lowest BCUT2D eigenvalue weighted by molar-refractivity contribution is -0.0432. The van der Waals surface area contributed by atoms with Crippen LogP contribution in [0.3, 0.4) is 0 Å². The molecule has 1 fully saturated rings. The second kappa shape index (κ2) is 6.03. The predicted octanol–water partition coefficient (Wildman–Crippen LogP) is -0.418. The van der Waals surface area contributed by atoms with E-state index in [2.05, 4.69) is 20.3 Å². The second-order valence-corrected chi connectivity index (χ2v) is 5.28. The van der Waals surface area contributed by atoms with Crippen LogP contribution in [-0.4, -0.2) is 55.1 Å². The SMILES string of the molecule is CCCNc1nc2c(ncn2C2C[C@H](O)[C@@H](CO)O2)c(=O)[nH]1. The van der Waals surface area contributed by atoms with Gasteiger partial charge in [-0.2, -0.15) is 4.98 Å². The molecule has 0 spiro atoms. The van der Waals surface area contributed by atoms with Crippen LogP contribution in [0, 0.1) is 0 Å². The smallest absolute Gasteiger partial charge is 0.280 e. The number of anilines is 1. The van der Waals surface area contributed by atoms with E-state index in [9.17, 15) is 9.90 Å². The Kier molecular flexibility index (Phi) is 4.10. The van der Waals surface area contributed by atoms with Crippen LogP contribution in [0.1, 0.15) is 26.0 Å². The highest BCUT2D eigenvalue weighted by molar-refractivity contribution is 5.70. The van der Waals surface area contributed by atoms with Crippen LogP contribution in [-0.2, 0) is 4.74 Å². The fraction of sp³-hybridized carbons (Fsp3) is 0.615. The number of imidazole rings is 1. The van der Waals surface area contributed by atoms with Crippen molar-refractivity contribution >= 4 is 17.1 Å². The average molecular weight is 309 g/mol. The zero-order valence-electron chi connectivity index (χ0n) is 12.2. The molecule has 22 heavy (non-hydrogen) atoms. The molecule has 9 nitrogen and oxygen atoms in total. The van der Waals surface area contributed by atoms with E-state index in [0.29, 0.717) is 24.6 Å². The van der Waals surface area contributed by atoms with Gasteiger partial charge in [0.05, 0.1) is 19.0 Å². The minimum atomic E-state index is -0.757. The zero-order chi connectivity index (χ0) is 15.7. The summed E-state index contributed by atoms with van der Waals surface area (Å²) in [7, 11) is 0. The quantitative estimate of drug-likeness (QED) is 0.591. The molecular formula is C13H19N5O4. The molecule has 0 saturated carbocycles. The summed E-state index contributed by atoms with van der Waals surface area (Å²) >= 11 is 0. The molecule has 0 aliphatic carbocycles. The summed E-state index contributed by atoms with van der Waals surface area (Å²) in [4.78, 5) is 23.1. The molecule has 0 radical (unpaired) electrons. The Balaban J connectivity index is 1.97. The van der Waals surface area contributed by atoms with Crippen molar-refractivity contribution in [3.05, 3.63) is 16.7 Å². The normalized spacial score (nSPS) is 25.0. The van der Waals surface area contributed by atoms with Crippen LogP contribution in [0.5, 0.6) is 0 Å². The highest BCUT2D eigenvalue weighted by Gasteiger charge is 2.35. The number of ether oxygens (including phenoxy) is 1. The summed E-state index contributed by atoms with van der Waals surface area (Å²) in [6, 6.07) is 0. The van der Waals surface area contributed by atoms with E-state index in [-0.39, 0.29) is 17.7 Å². The maximum Gasteiger partial charge on any atom is 0.280 e. The van der Waals surface area contributed by atoms with E-state index in [1.807, 2.05) is 6.92 Å². The van der Waals surface area contributed by atoms with Crippen molar-refractivity contribution in [2.24, 2.45) is 0 Å². The van der Waals surface area contributed by atoms with Crippen LogP contribution in [0.2, 0.25) is 0 Å². The fourth-order valence-corrected chi connectivity index (χ4v) is 2.51. The number of nitrogens with zero attached hydrogens (tertiary/aromatic N) is 3. The Hall–Kier alpha value is -1.97. The summed E-state index contributed by atoms with van der Waals surface area (Å²) in [6.07, 6.45) is 0.771. The molecule has 120 valence electrons. The number of hydrogen-bond acceptors (Lipinski definition) is 7. The van der Waals surface area contributed by atoms with Gasteiger partial charge in [0, 0.05) is 13.0 Å². The molecule has 2 aromatic heterocycles. The number of nitrogens with one attached hydrogen (secondary N) is 2. The third kappa shape index (κ3) is 2.58. The first-order valence-electron chi connectivity index (χ1n) is 7.29. The first-order chi connectivity index (χ1) is 10.6. The van der Waals surface area contributed by atoms with Gasteiger partial charge in [-0.1, -0.05) is 6.92 Å². The summed E-state index contributed by atoms with van der Waals surface area (Å²) in [6.45, 7) is 2.44. The number of hydrogen-bond donors (Lipinski definition) is 4. The molecule has 1 aliphatic rings. The molecule has 0 amide bonds. The molecule has 2 aromatic rings. The lowest BCUT2D eigenvalue weighted by Crippen LogP contribution is -2.24. The molecule has 1 aliphatic heterocycles. The number of fused-ring (bicyclic) bond motifs is 1. The summed E-state index contributed by atoms with van der Waals surface area (Å²) in [5, 5.41) is 22.0. The molecule has 1 unspecified atom stereocenters. The van der Waals surface area contributed by atoms with Crippen LogP contribution in [0.15, 0.2) is 11.1 Å². The maximum absolute atomic E-state index is 12.0. The van der Waals surface area contributed by atoms with E-state index in [4.69, 9.17) is 9.84 Å². The van der Waals surface area contributed by atoms with Gasteiger partial charge in [-0.25, -0.2) is 4.98 Å². The minimum Gasteiger partial charge on any atom is -0.394 e. The van der Waals surface area contributed by atoms with E-state index in [1.165, 1.54) is 6.33 Å². The van der Waals surface area contributed by atoms with Crippen molar-refractivity contribution in [1.82, 2.24) is 19.5 Å². The minimum absolute atomic E-state index is 0.215. The summed E-state index contributed by atoms with van der Waals surface area (Å²) in [5.41, 5.74) is 0.269. The average Bonchev–Trinajstić information content (AvgIpc) is 3.08. The zero-order valence-corrected chi connectivity index (χ0v) is 12.2. The fourth-order valence-electron chi connectivity index (χ4n) is 2.51. The number of aliphatic hydroxyl groups is 2. The lowest BCUT2D eigenvalue weighted by Gasteiger charge is -2.13. The van der Waals surface area contributed by atoms with Gasteiger partial charge in [0.25, 0.3) is 5.56 Å². The molecule has 0 aromatic carbocycles. The second-order valence-electron chi connectivity index (χ2n) is 5.28. The molecule has 3 rings (SSSR count). The van der Waals surface area contributed by atoms with Gasteiger partial charge in [0.2, 0.25) is 5.95 Å². The Bertz CT molecular complexity index is 712. The Morgan fingerprint density at radius 2 is 2.41 bits per heavy atom. The molecule has 3 atom stereocenters. The maximum atomic E-state index is 12.0. The molecular weight excluding hydrogens is 290 g/mol. The molecule has 3 heterocycles. The van der Waals surface area contributed by atoms with Gasteiger partial charge in [-0.15, -0.1) is 0 Å². The number of rotatable bonds is 5. The van der Waals surface area contributed by atoms with Crippen molar-refractivity contribution < 1.29 is 14.9 Å². The number of aliphatic hydroxyl groups excluding tert-OH is 2. The lowest BCUT2D eigenvalue weighted by atomic mass is 10.2. The van der Waals surface area contributed by atoms with Gasteiger partial charge < -0.3 is 20.3 Å².